The van der Waals surface area contributed by atoms with Crippen LogP contribution in [0.3, 0.4) is 0 Å². The lowest BCUT2D eigenvalue weighted by Crippen LogP contribution is -2.48. The zero-order valence-electron chi connectivity index (χ0n) is 11.8. The molecule has 1 heterocycles. The molecule has 2 unspecified atom stereocenters. The minimum Gasteiger partial charge on any atom is -0.508 e. The Kier molecular flexibility index (Phi) is 4.66. The van der Waals surface area contributed by atoms with Crippen molar-refractivity contribution in [3.8, 4) is 11.5 Å². The number of rotatable bonds is 4. The molecule has 2 rings (SSSR count). The maximum Gasteiger partial charge on any atom is 0.120 e. The molecular weight excluding hydrogens is 240 g/mol. The summed E-state index contributed by atoms with van der Waals surface area (Å²) >= 11 is 0. The van der Waals surface area contributed by atoms with Crippen LogP contribution < -0.4 is 10.5 Å². The van der Waals surface area contributed by atoms with Gasteiger partial charge in [0, 0.05) is 30.7 Å². The fourth-order valence-electron chi connectivity index (χ4n) is 2.89. The largest absolute Gasteiger partial charge is 0.508 e. The number of nitrogens with two attached hydrogens (primary N) is 1. The fraction of sp³-hybridized carbons (Fsp3) is 0.600. The molecule has 1 aromatic carbocycles. The van der Waals surface area contributed by atoms with Gasteiger partial charge in [-0.3, -0.25) is 4.90 Å². The fourth-order valence-corrected chi connectivity index (χ4v) is 2.89. The SMILES string of the molecule is COc1ccc(O)c(CN2C(C)CCCC2CN)c1. The van der Waals surface area contributed by atoms with Crippen molar-refractivity contribution < 1.29 is 9.84 Å². The number of piperidine rings is 1. The summed E-state index contributed by atoms with van der Waals surface area (Å²) in [6.07, 6.45) is 3.58. The summed E-state index contributed by atoms with van der Waals surface area (Å²) in [6, 6.07) is 6.30. The van der Waals surface area contributed by atoms with Gasteiger partial charge >= 0.3 is 0 Å². The summed E-state index contributed by atoms with van der Waals surface area (Å²) in [4.78, 5) is 2.40. The van der Waals surface area contributed by atoms with E-state index in [1.807, 2.05) is 6.07 Å². The van der Waals surface area contributed by atoms with Crippen molar-refractivity contribution in [3.63, 3.8) is 0 Å². The number of benzene rings is 1. The number of ether oxygens (including phenoxy) is 1. The summed E-state index contributed by atoms with van der Waals surface area (Å²) in [7, 11) is 1.64. The first-order chi connectivity index (χ1) is 9.15. The summed E-state index contributed by atoms with van der Waals surface area (Å²) < 4.78 is 5.22. The molecule has 4 heteroatoms. The van der Waals surface area contributed by atoms with Crippen LogP contribution >= 0.6 is 0 Å². The van der Waals surface area contributed by atoms with Crippen LogP contribution in [0.15, 0.2) is 18.2 Å². The van der Waals surface area contributed by atoms with Crippen molar-refractivity contribution in [1.29, 1.82) is 0 Å². The Morgan fingerprint density at radius 2 is 2.21 bits per heavy atom. The average molecular weight is 264 g/mol. The van der Waals surface area contributed by atoms with E-state index in [4.69, 9.17) is 10.5 Å². The molecule has 2 atom stereocenters. The maximum atomic E-state index is 9.99. The van der Waals surface area contributed by atoms with Gasteiger partial charge in [0.1, 0.15) is 11.5 Å². The minimum atomic E-state index is 0.328. The van der Waals surface area contributed by atoms with Crippen LogP contribution in [0, 0.1) is 0 Å². The number of likely N-dealkylation sites (tertiary alicyclic amines) is 1. The second kappa shape index (κ2) is 6.26. The number of methoxy groups -OCH3 is 1. The molecule has 1 aromatic rings. The first-order valence-electron chi connectivity index (χ1n) is 6.97. The molecule has 0 aromatic heterocycles. The second-order valence-electron chi connectivity index (χ2n) is 5.34. The van der Waals surface area contributed by atoms with Crippen molar-refractivity contribution >= 4 is 0 Å². The lowest BCUT2D eigenvalue weighted by atomic mass is 9.95. The lowest BCUT2D eigenvalue weighted by Gasteiger charge is -2.40. The van der Waals surface area contributed by atoms with Crippen molar-refractivity contribution in [3.05, 3.63) is 23.8 Å². The summed E-state index contributed by atoms with van der Waals surface area (Å²) in [5.41, 5.74) is 6.78. The Morgan fingerprint density at radius 1 is 1.42 bits per heavy atom. The van der Waals surface area contributed by atoms with Gasteiger partial charge in [0.05, 0.1) is 7.11 Å². The minimum absolute atomic E-state index is 0.328. The number of aromatic hydroxyl groups is 1. The Balaban J connectivity index is 2.18. The highest BCUT2D eigenvalue weighted by Gasteiger charge is 2.27. The van der Waals surface area contributed by atoms with Crippen molar-refractivity contribution in [2.24, 2.45) is 5.73 Å². The molecule has 1 saturated heterocycles. The molecule has 0 radical (unpaired) electrons. The summed E-state index contributed by atoms with van der Waals surface area (Å²) in [6.45, 7) is 3.64. The first-order valence-corrected chi connectivity index (χ1v) is 6.97. The van der Waals surface area contributed by atoms with Crippen LogP contribution in [0.5, 0.6) is 11.5 Å². The van der Waals surface area contributed by atoms with Gasteiger partial charge in [-0.1, -0.05) is 6.42 Å². The van der Waals surface area contributed by atoms with Gasteiger partial charge in [-0.05, 0) is 38.0 Å². The van der Waals surface area contributed by atoms with Gasteiger partial charge in [-0.25, -0.2) is 0 Å². The number of phenolic OH excluding ortho intramolecular Hbond substituents is 1. The van der Waals surface area contributed by atoms with E-state index >= 15 is 0 Å². The van der Waals surface area contributed by atoms with E-state index in [9.17, 15) is 5.11 Å². The Bertz CT molecular complexity index is 423. The second-order valence-corrected chi connectivity index (χ2v) is 5.34. The van der Waals surface area contributed by atoms with Gasteiger partial charge in [0.15, 0.2) is 0 Å². The molecule has 0 bridgehead atoms. The molecule has 0 spiro atoms. The van der Waals surface area contributed by atoms with E-state index in [-0.39, 0.29) is 0 Å². The van der Waals surface area contributed by atoms with Gasteiger partial charge in [0.25, 0.3) is 0 Å². The number of hydrogen-bond acceptors (Lipinski definition) is 4. The zero-order valence-corrected chi connectivity index (χ0v) is 11.8. The van der Waals surface area contributed by atoms with Crippen LogP contribution in [0.4, 0.5) is 0 Å². The molecule has 1 aliphatic rings. The third-order valence-electron chi connectivity index (χ3n) is 4.11. The highest BCUT2D eigenvalue weighted by Crippen LogP contribution is 2.29. The topological polar surface area (TPSA) is 58.7 Å². The highest BCUT2D eigenvalue weighted by molar-refractivity contribution is 5.39. The molecule has 106 valence electrons. The average Bonchev–Trinajstić information content (AvgIpc) is 2.43. The third kappa shape index (κ3) is 3.19. The predicted molar refractivity (Wildman–Crippen MR) is 76.4 cm³/mol. The highest BCUT2D eigenvalue weighted by atomic mass is 16.5. The van der Waals surface area contributed by atoms with Gasteiger partial charge in [0.2, 0.25) is 0 Å². The predicted octanol–water partition coefficient (Wildman–Crippen LogP) is 2.10. The summed E-state index contributed by atoms with van der Waals surface area (Å²) in [5, 5.41) is 9.99. The number of phenols is 1. The summed E-state index contributed by atoms with van der Waals surface area (Å²) in [5.74, 6) is 1.11. The van der Waals surface area contributed by atoms with E-state index in [0.717, 1.165) is 24.3 Å². The Morgan fingerprint density at radius 3 is 2.89 bits per heavy atom. The van der Waals surface area contributed by atoms with Gasteiger partial charge in [-0.2, -0.15) is 0 Å². The maximum absolute atomic E-state index is 9.99. The number of nitrogens with zero attached hydrogens (tertiary/aromatic N) is 1. The molecule has 0 saturated carbocycles. The van der Waals surface area contributed by atoms with E-state index in [0.29, 0.717) is 24.4 Å². The molecule has 3 N–H and O–H groups in total. The molecular formula is C15H24N2O2. The quantitative estimate of drug-likeness (QED) is 0.874. The van der Waals surface area contributed by atoms with Crippen LogP contribution in [0.1, 0.15) is 31.7 Å². The third-order valence-corrected chi connectivity index (χ3v) is 4.11. The normalized spacial score (nSPS) is 24.4. The molecule has 0 aliphatic carbocycles. The first kappa shape index (κ1) is 14.2. The van der Waals surface area contributed by atoms with E-state index in [2.05, 4.69) is 11.8 Å². The monoisotopic (exact) mass is 264 g/mol. The van der Waals surface area contributed by atoms with Crippen LogP contribution in [-0.4, -0.2) is 35.7 Å². The Labute approximate surface area is 115 Å². The lowest BCUT2D eigenvalue weighted by molar-refractivity contribution is 0.0883. The van der Waals surface area contributed by atoms with E-state index in [1.54, 1.807) is 19.2 Å². The van der Waals surface area contributed by atoms with Crippen LogP contribution in [0.2, 0.25) is 0 Å². The van der Waals surface area contributed by atoms with Gasteiger partial charge in [-0.15, -0.1) is 0 Å². The Hall–Kier alpha value is -1.26. The number of hydrogen-bond donors (Lipinski definition) is 2. The van der Waals surface area contributed by atoms with Crippen molar-refractivity contribution in [1.82, 2.24) is 4.90 Å². The zero-order chi connectivity index (χ0) is 13.8. The molecule has 1 aliphatic heterocycles. The molecule has 1 fully saturated rings. The molecule has 4 nitrogen and oxygen atoms in total. The molecule has 0 amide bonds. The standard InChI is InChI=1S/C15H24N2O2/c1-11-4-3-5-13(9-16)17(11)10-12-8-14(19-2)6-7-15(12)18/h6-8,11,13,18H,3-5,9-10,16H2,1-2H3. The molecule has 19 heavy (non-hydrogen) atoms. The van der Waals surface area contributed by atoms with Crippen LogP contribution in [0.25, 0.3) is 0 Å². The smallest absolute Gasteiger partial charge is 0.120 e. The van der Waals surface area contributed by atoms with Crippen LogP contribution in [-0.2, 0) is 6.54 Å². The van der Waals surface area contributed by atoms with E-state index in [1.165, 1.54) is 12.8 Å². The van der Waals surface area contributed by atoms with E-state index < -0.39 is 0 Å². The van der Waals surface area contributed by atoms with Gasteiger partial charge < -0.3 is 15.6 Å². The van der Waals surface area contributed by atoms with Crippen molar-refractivity contribution in [2.75, 3.05) is 13.7 Å². The van der Waals surface area contributed by atoms with Crippen molar-refractivity contribution in [2.45, 2.75) is 44.8 Å².